The molecule has 1 N–H and O–H groups in total. The first-order valence-corrected chi connectivity index (χ1v) is 6.16. The summed E-state index contributed by atoms with van der Waals surface area (Å²) in [6, 6.07) is 0. The summed E-state index contributed by atoms with van der Waals surface area (Å²) in [6.07, 6.45) is 0.120. The van der Waals surface area contributed by atoms with Gasteiger partial charge in [-0.15, -0.1) is 0 Å². The van der Waals surface area contributed by atoms with Crippen LogP contribution in [0.3, 0.4) is 0 Å². The van der Waals surface area contributed by atoms with Crippen molar-refractivity contribution in [3.8, 4) is 0 Å². The second-order valence-corrected chi connectivity index (χ2v) is 4.94. The topological polar surface area (TPSA) is 58.6 Å². The Kier molecular flexibility index (Phi) is 4.84. The van der Waals surface area contributed by atoms with Crippen LogP contribution in [0.5, 0.6) is 0 Å². The highest BCUT2D eigenvalue weighted by molar-refractivity contribution is 5.92. The van der Waals surface area contributed by atoms with Gasteiger partial charge in [0.25, 0.3) is 5.92 Å². The van der Waals surface area contributed by atoms with Gasteiger partial charge in [-0.05, 0) is 19.8 Å². The second kappa shape index (κ2) is 5.81. The number of likely N-dealkylation sites (N-methyl/N-ethyl adjacent to an activating group) is 1. The van der Waals surface area contributed by atoms with E-state index in [2.05, 4.69) is 5.32 Å². The Labute approximate surface area is 111 Å². The molecule has 0 aromatic rings. The van der Waals surface area contributed by atoms with E-state index in [1.807, 2.05) is 0 Å². The SMILES string of the molecule is CNC(=O)C1(COC)CCCN1C(=O)CC(C)(F)F. The van der Waals surface area contributed by atoms with Gasteiger partial charge in [-0.2, -0.15) is 0 Å². The van der Waals surface area contributed by atoms with Crippen molar-refractivity contribution in [1.82, 2.24) is 10.2 Å². The van der Waals surface area contributed by atoms with Crippen molar-refractivity contribution in [2.45, 2.75) is 37.6 Å². The third-order valence-corrected chi connectivity index (χ3v) is 3.28. The number of methoxy groups -OCH3 is 1. The van der Waals surface area contributed by atoms with E-state index in [0.29, 0.717) is 26.3 Å². The molecule has 2 amide bonds. The maximum absolute atomic E-state index is 13.0. The predicted molar refractivity (Wildman–Crippen MR) is 64.9 cm³/mol. The molecule has 1 fully saturated rings. The fraction of sp³-hybridized carbons (Fsp3) is 0.833. The summed E-state index contributed by atoms with van der Waals surface area (Å²) >= 11 is 0. The number of nitrogens with zero attached hydrogens (tertiary/aromatic N) is 1. The quantitative estimate of drug-likeness (QED) is 0.808. The lowest BCUT2D eigenvalue weighted by Crippen LogP contribution is -2.59. The maximum atomic E-state index is 13.0. The smallest absolute Gasteiger partial charge is 0.254 e. The van der Waals surface area contributed by atoms with Gasteiger partial charge in [-0.25, -0.2) is 8.78 Å². The summed E-state index contributed by atoms with van der Waals surface area (Å²) in [7, 11) is 2.87. The Morgan fingerprint density at radius 1 is 1.47 bits per heavy atom. The van der Waals surface area contributed by atoms with Crippen LogP contribution in [0.4, 0.5) is 8.78 Å². The van der Waals surface area contributed by atoms with Gasteiger partial charge in [0.05, 0.1) is 13.0 Å². The number of amides is 2. The molecular weight excluding hydrogens is 258 g/mol. The number of likely N-dealkylation sites (tertiary alicyclic amines) is 1. The van der Waals surface area contributed by atoms with Crippen LogP contribution in [-0.2, 0) is 14.3 Å². The van der Waals surface area contributed by atoms with Gasteiger partial charge in [0.15, 0.2) is 0 Å². The molecule has 1 aliphatic rings. The van der Waals surface area contributed by atoms with Gasteiger partial charge in [0.1, 0.15) is 5.54 Å². The zero-order chi connectivity index (χ0) is 14.7. The zero-order valence-corrected chi connectivity index (χ0v) is 11.5. The Bertz CT molecular complexity index is 357. The van der Waals surface area contributed by atoms with Gasteiger partial charge in [-0.1, -0.05) is 0 Å². The number of ether oxygens (including phenoxy) is 1. The standard InChI is InChI=1S/C12H20F2N2O3/c1-11(13,14)7-9(17)16-6-4-5-12(16,8-19-3)10(18)15-2/h4-8H2,1-3H3,(H,15,18). The van der Waals surface area contributed by atoms with Crippen molar-refractivity contribution >= 4 is 11.8 Å². The largest absolute Gasteiger partial charge is 0.382 e. The minimum Gasteiger partial charge on any atom is -0.382 e. The van der Waals surface area contributed by atoms with Gasteiger partial charge in [0.2, 0.25) is 11.8 Å². The number of hydrogen-bond acceptors (Lipinski definition) is 3. The fourth-order valence-electron chi connectivity index (χ4n) is 2.53. The van der Waals surface area contributed by atoms with Crippen molar-refractivity contribution in [2.24, 2.45) is 0 Å². The van der Waals surface area contributed by atoms with Crippen molar-refractivity contribution in [3.05, 3.63) is 0 Å². The van der Waals surface area contributed by atoms with Gasteiger partial charge >= 0.3 is 0 Å². The molecule has 1 heterocycles. The molecular formula is C12H20F2N2O3. The first-order valence-electron chi connectivity index (χ1n) is 6.16. The molecule has 0 aromatic carbocycles. The lowest BCUT2D eigenvalue weighted by atomic mass is 9.95. The highest BCUT2D eigenvalue weighted by Crippen LogP contribution is 2.32. The highest BCUT2D eigenvalue weighted by atomic mass is 19.3. The van der Waals surface area contributed by atoms with Gasteiger partial charge < -0.3 is 15.0 Å². The van der Waals surface area contributed by atoms with E-state index in [0.717, 1.165) is 0 Å². The van der Waals surface area contributed by atoms with Crippen LogP contribution >= 0.6 is 0 Å². The summed E-state index contributed by atoms with van der Waals surface area (Å²) in [5.74, 6) is -4.17. The lowest BCUT2D eigenvalue weighted by molar-refractivity contribution is -0.152. The summed E-state index contributed by atoms with van der Waals surface area (Å²) in [6.45, 7) is 0.998. The molecule has 1 saturated heterocycles. The fourth-order valence-corrected chi connectivity index (χ4v) is 2.53. The van der Waals surface area contributed by atoms with Crippen LogP contribution in [0, 0.1) is 0 Å². The number of rotatable bonds is 5. The van der Waals surface area contributed by atoms with Gasteiger partial charge in [0, 0.05) is 20.7 Å². The molecule has 5 nitrogen and oxygen atoms in total. The molecule has 0 radical (unpaired) electrons. The van der Waals surface area contributed by atoms with E-state index >= 15 is 0 Å². The molecule has 1 rings (SSSR count). The first-order chi connectivity index (χ1) is 8.77. The molecule has 0 aliphatic carbocycles. The minimum atomic E-state index is -3.08. The van der Waals surface area contributed by atoms with Crippen molar-refractivity contribution in [1.29, 1.82) is 0 Å². The average molecular weight is 278 g/mol. The number of carbonyl (C=O) groups is 2. The molecule has 7 heteroatoms. The van der Waals surface area contributed by atoms with Crippen LogP contribution in [0.15, 0.2) is 0 Å². The average Bonchev–Trinajstić information content (AvgIpc) is 2.71. The third kappa shape index (κ3) is 3.40. The Hall–Kier alpha value is -1.24. The molecule has 1 unspecified atom stereocenters. The Morgan fingerprint density at radius 3 is 2.58 bits per heavy atom. The van der Waals surface area contributed by atoms with Crippen LogP contribution in [0.2, 0.25) is 0 Å². The van der Waals surface area contributed by atoms with E-state index in [-0.39, 0.29) is 12.5 Å². The second-order valence-electron chi connectivity index (χ2n) is 4.94. The van der Waals surface area contributed by atoms with Crippen LogP contribution in [0.25, 0.3) is 0 Å². The molecule has 0 saturated carbocycles. The number of hydrogen-bond donors (Lipinski definition) is 1. The van der Waals surface area contributed by atoms with E-state index in [4.69, 9.17) is 4.74 Å². The molecule has 0 aromatic heterocycles. The maximum Gasteiger partial charge on any atom is 0.254 e. The van der Waals surface area contributed by atoms with E-state index in [1.54, 1.807) is 0 Å². The predicted octanol–water partition coefficient (Wildman–Crippen LogP) is 0.785. The summed E-state index contributed by atoms with van der Waals surface area (Å²) in [5, 5.41) is 2.48. The molecule has 1 aliphatic heterocycles. The zero-order valence-electron chi connectivity index (χ0n) is 11.5. The number of nitrogens with one attached hydrogen (secondary N) is 1. The minimum absolute atomic E-state index is 0.00764. The molecule has 0 bridgehead atoms. The van der Waals surface area contributed by atoms with Gasteiger partial charge in [-0.3, -0.25) is 9.59 Å². The third-order valence-electron chi connectivity index (χ3n) is 3.28. The van der Waals surface area contributed by atoms with Crippen molar-refractivity contribution in [2.75, 3.05) is 27.3 Å². The van der Waals surface area contributed by atoms with E-state index in [9.17, 15) is 18.4 Å². The Balaban J connectivity index is 2.96. The first kappa shape index (κ1) is 15.8. The summed E-state index contributed by atoms with van der Waals surface area (Å²) < 4.78 is 31.0. The number of alkyl halides is 2. The normalized spacial score (nSPS) is 23.5. The number of carbonyl (C=O) groups excluding carboxylic acids is 2. The summed E-state index contributed by atoms with van der Waals surface area (Å²) in [4.78, 5) is 25.2. The van der Waals surface area contributed by atoms with Crippen LogP contribution < -0.4 is 5.32 Å². The van der Waals surface area contributed by atoms with Crippen LogP contribution in [-0.4, -0.2) is 55.5 Å². The number of halogens is 2. The molecule has 19 heavy (non-hydrogen) atoms. The summed E-state index contributed by atoms with van der Waals surface area (Å²) in [5.41, 5.74) is -1.16. The Morgan fingerprint density at radius 2 is 2.11 bits per heavy atom. The van der Waals surface area contributed by atoms with Crippen molar-refractivity contribution in [3.63, 3.8) is 0 Å². The lowest BCUT2D eigenvalue weighted by Gasteiger charge is -2.36. The molecule has 110 valence electrons. The van der Waals surface area contributed by atoms with E-state index < -0.39 is 23.8 Å². The van der Waals surface area contributed by atoms with E-state index in [1.165, 1.54) is 19.1 Å². The molecule has 0 spiro atoms. The highest BCUT2D eigenvalue weighted by Gasteiger charge is 2.50. The molecule has 1 atom stereocenters. The monoisotopic (exact) mass is 278 g/mol. The van der Waals surface area contributed by atoms with Crippen molar-refractivity contribution < 1.29 is 23.1 Å². The van der Waals surface area contributed by atoms with Crippen LogP contribution in [0.1, 0.15) is 26.2 Å².